The van der Waals surface area contributed by atoms with Crippen LogP contribution in [0.1, 0.15) is 17.2 Å². The molecule has 3 rings (SSSR count). The zero-order valence-electron chi connectivity index (χ0n) is 11.0. The molecule has 1 N–H and O–H groups in total. The first kappa shape index (κ1) is 13.9. The van der Waals surface area contributed by atoms with Crippen LogP contribution in [0.5, 0.6) is 0 Å². The van der Waals surface area contributed by atoms with Crippen molar-refractivity contribution in [1.82, 2.24) is 9.97 Å². The summed E-state index contributed by atoms with van der Waals surface area (Å²) in [5.74, 6) is -0.394. The van der Waals surface area contributed by atoms with Crippen molar-refractivity contribution < 1.29 is 9.50 Å². The van der Waals surface area contributed by atoms with E-state index < -0.39 is 11.9 Å². The summed E-state index contributed by atoms with van der Waals surface area (Å²) >= 11 is 6.00. The van der Waals surface area contributed by atoms with Gasteiger partial charge in [0.25, 0.3) is 0 Å². The minimum atomic E-state index is -0.784. The van der Waals surface area contributed by atoms with Gasteiger partial charge in [-0.05, 0) is 23.8 Å². The minimum absolute atomic E-state index is 0.287. The van der Waals surface area contributed by atoms with E-state index in [2.05, 4.69) is 9.97 Å². The van der Waals surface area contributed by atoms with Crippen molar-refractivity contribution in [3.05, 3.63) is 70.8 Å². The van der Waals surface area contributed by atoms with Crippen molar-refractivity contribution in [2.75, 3.05) is 0 Å². The largest absolute Gasteiger partial charge is 0.388 e. The molecule has 1 atom stereocenters. The Morgan fingerprint density at radius 2 is 1.95 bits per heavy atom. The zero-order chi connectivity index (χ0) is 14.8. The molecule has 0 spiro atoms. The van der Waals surface area contributed by atoms with E-state index in [1.807, 2.05) is 12.1 Å². The molecule has 1 aromatic heterocycles. The third-order valence-electron chi connectivity index (χ3n) is 3.32. The molecule has 0 aliphatic rings. The number of halogens is 2. The van der Waals surface area contributed by atoms with Gasteiger partial charge in [0.1, 0.15) is 5.82 Å². The van der Waals surface area contributed by atoms with E-state index in [0.29, 0.717) is 21.7 Å². The normalized spacial score (nSPS) is 12.5. The smallest absolute Gasteiger partial charge is 0.124 e. The fraction of sp³-hybridized carbons (Fsp3) is 0.125. The molecule has 0 saturated carbocycles. The number of rotatable bonds is 3. The number of aromatic nitrogens is 2. The summed E-state index contributed by atoms with van der Waals surface area (Å²) in [5, 5.41) is 10.8. The molecule has 106 valence electrons. The van der Waals surface area contributed by atoms with Crippen LogP contribution in [0.4, 0.5) is 4.39 Å². The number of hydrogen-bond acceptors (Lipinski definition) is 3. The third kappa shape index (κ3) is 2.86. The van der Waals surface area contributed by atoms with Crippen LogP contribution in [-0.2, 0) is 6.42 Å². The second-order valence-corrected chi connectivity index (χ2v) is 5.13. The Bertz CT molecular complexity index is 789. The molecule has 2 aromatic carbocycles. The van der Waals surface area contributed by atoms with E-state index in [1.165, 1.54) is 12.1 Å². The van der Waals surface area contributed by atoms with Gasteiger partial charge in [-0.2, -0.15) is 0 Å². The van der Waals surface area contributed by atoms with Crippen LogP contribution in [0, 0.1) is 5.82 Å². The number of aliphatic hydroxyl groups excluding tert-OH is 1. The third-order valence-corrected chi connectivity index (χ3v) is 3.67. The lowest BCUT2D eigenvalue weighted by Crippen LogP contribution is -2.04. The molecule has 3 nitrogen and oxygen atoms in total. The highest BCUT2D eigenvalue weighted by Crippen LogP contribution is 2.27. The monoisotopic (exact) mass is 302 g/mol. The van der Waals surface area contributed by atoms with Gasteiger partial charge in [-0.1, -0.05) is 29.8 Å². The van der Waals surface area contributed by atoms with Gasteiger partial charge in [-0.25, -0.2) is 4.39 Å². The molecule has 0 saturated heterocycles. The number of benzene rings is 2. The van der Waals surface area contributed by atoms with Crippen LogP contribution in [0.2, 0.25) is 5.02 Å². The average Bonchev–Trinajstić information content (AvgIpc) is 2.49. The molecule has 0 aliphatic carbocycles. The lowest BCUT2D eigenvalue weighted by Gasteiger charge is -2.13. The van der Waals surface area contributed by atoms with Gasteiger partial charge in [0.05, 0.1) is 17.1 Å². The summed E-state index contributed by atoms with van der Waals surface area (Å²) in [6.07, 6.45) is 2.70. The number of fused-ring (bicyclic) bond motifs is 1. The highest BCUT2D eigenvalue weighted by Gasteiger charge is 2.15. The van der Waals surface area contributed by atoms with Gasteiger partial charge in [-0.3, -0.25) is 9.97 Å². The molecule has 1 heterocycles. The van der Waals surface area contributed by atoms with Gasteiger partial charge in [0.15, 0.2) is 0 Å². The summed E-state index contributed by atoms with van der Waals surface area (Å²) in [7, 11) is 0. The lowest BCUT2D eigenvalue weighted by molar-refractivity contribution is 0.180. The van der Waals surface area contributed by atoms with Crippen molar-refractivity contribution >= 4 is 22.6 Å². The van der Waals surface area contributed by atoms with E-state index >= 15 is 0 Å². The summed E-state index contributed by atoms with van der Waals surface area (Å²) in [5.41, 5.74) is 2.75. The van der Waals surface area contributed by atoms with Crippen molar-refractivity contribution in [2.45, 2.75) is 12.5 Å². The number of para-hydroxylation sites is 1. The van der Waals surface area contributed by atoms with Crippen molar-refractivity contribution in [3.8, 4) is 0 Å². The summed E-state index contributed by atoms with van der Waals surface area (Å²) < 4.78 is 13.1. The molecule has 21 heavy (non-hydrogen) atoms. The predicted octanol–water partition coefficient (Wildman–Crippen LogP) is 3.70. The molecule has 5 heteroatoms. The van der Waals surface area contributed by atoms with Crippen LogP contribution in [0.15, 0.2) is 48.8 Å². The lowest BCUT2D eigenvalue weighted by atomic mass is 10.00. The Labute approximate surface area is 126 Å². The average molecular weight is 303 g/mol. The Morgan fingerprint density at radius 1 is 1.14 bits per heavy atom. The molecule has 3 aromatic rings. The van der Waals surface area contributed by atoms with Crippen LogP contribution >= 0.6 is 11.6 Å². The molecule has 1 unspecified atom stereocenters. The molecule has 0 aliphatic heterocycles. The maximum Gasteiger partial charge on any atom is 0.124 e. The SMILES string of the molecule is OC(Cc1ccc(F)cc1Cl)c1cccc2nccnc12. The second-order valence-electron chi connectivity index (χ2n) is 4.73. The predicted molar refractivity (Wildman–Crippen MR) is 79.6 cm³/mol. The second kappa shape index (κ2) is 5.76. The Balaban J connectivity index is 1.95. The van der Waals surface area contributed by atoms with E-state index in [1.54, 1.807) is 24.5 Å². The maximum absolute atomic E-state index is 13.1. The van der Waals surface area contributed by atoms with Crippen LogP contribution in [-0.4, -0.2) is 15.1 Å². The van der Waals surface area contributed by atoms with Crippen LogP contribution < -0.4 is 0 Å². The van der Waals surface area contributed by atoms with E-state index in [-0.39, 0.29) is 6.42 Å². The quantitative estimate of drug-likeness (QED) is 0.802. The molecular weight excluding hydrogens is 291 g/mol. The van der Waals surface area contributed by atoms with Crippen molar-refractivity contribution in [1.29, 1.82) is 0 Å². The summed E-state index contributed by atoms with van der Waals surface area (Å²) in [4.78, 5) is 8.48. The fourth-order valence-electron chi connectivity index (χ4n) is 2.29. The van der Waals surface area contributed by atoms with Crippen LogP contribution in [0.3, 0.4) is 0 Å². The van der Waals surface area contributed by atoms with Gasteiger partial charge in [0.2, 0.25) is 0 Å². The molecule has 0 amide bonds. The van der Waals surface area contributed by atoms with E-state index in [0.717, 1.165) is 5.52 Å². The minimum Gasteiger partial charge on any atom is -0.388 e. The maximum atomic E-state index is 13.1. The molecule has 0 fully saturated rings. The zero-order valence-corrected chi connectivity index (χ0v) is 11.8. The number of hydrogen-bond donors (Lipinski definition) is 1. The van der Waals surface area contributed by atoms with Gasteiger partial charge in [0, 0.05) is 29.4 Å². The topological polar surface area (TPSA) is 46.0 Å². The van der Waals surface area contributed by atoms with Gasteiger partial charge >= 0.3 is 0 Å². The Morgan fingerprint density at radius 3 is 2.76 bits per heavy atom. The first-order chi connectivity index (χ1) is 10.1. The van der Waals surface area contributed by atoms with Crippen molar-refractivity contribution in [3.63, 3.8) is 0 Å². The highest BCUT2D eigenvalue weighted by molar-refractivity contribution is 6.31. The fourth-order valence-corrected chi connectivity index (χ4v) is 2.53. The first-order valence-corrected chi connectivity index (χ1v) is 6.84. The number of aliphatic hydroxyl groups is 1. The Hall–Kier alpha value is -2.04. The van der Waals surface area contributed by atoms with Crippen molar-refractivity contribution in [2.24, 2.45) is 0 Å². The summed E-state index contributed by atoms with van der Waals surface area (Å²) in [6, 6.07) is 9.62. The first-order valence-electron chi connectivity index (χ1n) is 6.47. The standard InChI is InChI=1S/C16H12ClFN2O/c17-13-9-11(18)5-4-10(13)8-15(21)12-2-1-3-14-16(12)20-7-6-19-14/h1-7,9,15,21H,8H2. The van der Waals surface area contributed by atoms with E-state index in [4.69, 9.17) is 11.6 Å². The molecule has 0 radical (unpaired) electrons. The molecular formula is C16H12ClFN2O. The summed E-state index contributed by atoms with van der Waals surface area (Å²) in [6.45, 7) is 0. The van der Waals surface area contributed by atoms with E-state index in [9.17, 15) is 9.50 Å². The molecule has 0 bridgehead atoms. The highest BCUT2D eigenvalue weighted by atomic mass is 35.5. The van der Waals surface area contributed by atoms with Gasteiger partial charge in [-0.15, -0.1) is 0 Å². The van der Waals surface area contributed by atoms with Gasteiger partial charge < -0.3 is 5.11 Å². The van der Waals surface area contributed by atoms with Crippen LogP contribution in [0.25, 0.3) is 11.0 Å². The number of nitrogens with zero attached hydrogens (tertiary/aromatic N) is 2. The Kier molecular flexibility index (Phi) is 3.82.